The molecule has 0 radical (unpaired) electrons. The normalized spacial score (nSPS) is 16.3. The maximum absolute atomic E-state index is 5.78. The van der Waals surface area contributed by atoms with Gasteiger partial charge in [0.2, 0.25) is 0 Å². The van der Waals surface area contributed by atoms with Crippen molar-refractivity contribution < 1.29 is 0 Å². The molecule has 0 aliphatic carbocycles. The molecule has 0 amide bonds. The molecule has 0 heterocycles. The number of rotatable bonds is 3. The minimum Gasteiger partial charge on any atom is -0.123 e. The molecule has 0 aliphatic heterocycles. The highest BCUT2D eigenvalue weighted by atomic mass is 35.5. The molecule has 0 aromatic carbocycles. The molecule has 0 aromatic rings. The smallest absolute Gasteiger partial charge is 0.123 e. The lowest BCUT2D eigenvalue weighted by Gasteiger charge is -2.08. The van der Waals surface area contributed by atoms with Crippen molar-refractivity contribution >= 4 is 56.6 Å². The van der Waals surface area contributed by atoms with E-state index in [1.165, 1.54) is 0 Å². The summed E-state index contributed by atoms with van der Waals surface area (Å²) >= 11 is 22.4. The van der Waals surface area contributed by atoms with Gasteiger partial charge < -0.3 is 0 Å². The molecule has 0 bridgehead atoms. The van der Waals surface area contributed by atoms with Gasteiger partial charge in [0, 0.05) is 21.1 Å². The summed E-state index contributed by atoms with van der Waals surface area (Å²) in [6.07, 6.45) is 1.76. The molecule has 1 unspecified atom stereocenters. The van der Waals surface area contributed by atoms with Crippen molar-refractivity contribution in [3.63, 3.8) is 0 Å². The highest BCUT2D eigenvalue weighted by Crippen LogP contribution is 2.19. The van der Waals surface area contributed by atoms with E-state index in [1.807, 2.05) is 0 Å². The third kappa shape index (κ3) is 4.09. The van der Waals surface area contributed by atoms with Crippen LogP contribution < -0.4 is 0 Å². The van der Waals surface area contributed by atoms with Crippen LogP contribution in [0.5, 0.6) is 0 Å². The van der Waals surface area contributed by atoms with Crippen molar-refractivity contribution in [3.8, 4) is 0 Å². The Morgan fingerprint density at radius 2 is 1.90 bits per heavy atom. The second-order valence-electron chi connectivity index (χ2n) is 1.78. The number of hydrogen-bond donors (Lipinski definition) is 0. The zero-order valence-electron chi connectivity index (χ0n) is 5.45. The molecule has 5 heteroatoms. The highest BCUT2D eigenvalue weighted by Gasteiger charge is 2.11. The number of halogens is 4. The van der Waals surface area contributed by atoms with Gasteiger partial charge in [-0.3, -0.25) is 0 Å². The van der Waals surface area contributed by atoms with Gasteiger partial charge in [-0.05, 0) is 5.57 Å². The summed E-state index contributed by atoms with van der Waals surface area (Å²) in [5, 5.41) is -0.0150. The maximum atomic E-state index is 5.78. The van der Waals surface area contributed by atoms with E-state index in [2.05, 4.69) is 0 Å². The molecule has 0 aliphatic rings. The van der Waals surface area contributed by atoms with E-state index in [0.717, 1.165) is 15.8 Å². The maximum Gasteiger partial charge on any atom is 0.129 e. The fourth-order valence-corrected chi connectivity index (χ4v) is 2.58. The predicted molar refractivity (Wildman–Crippen MR) is 53.9 cm³/mol. The summed E-state index contributed by atoms with van der Waals surface area (Å²) in [7, 11) is 0.834. The fraction of sp³-hybridized carbons (Fsp3) is 0.600. The SMILES string of the molecule is [SiH3]C(Cl)C(=CCCl)C(Cl)Cl. The van der Waals surface area contributed by atoms with Crippen LogP contribution in [-0.4, -0.2) is 26.0 Å². The summed E-state index contributed by atoms with van der Waals surface area (Å²) in [6, 6.07) is 0. The van der Waals surface area contributed by atoms with E-state index < -0.39 is 4.84 Å². The largest absolute Gasteiger partial charge is 0.129 e. The zero-order chi connectivity index (χ0) is 8.15. The average Bonchev–Trinajstić information content (AvgIpc) is 1.81. The molecule has 0 rings (SSSR count). The molecule has 60 valence electrons. The van der Waals surface area contributed by atoms with Gasteiger partial charge >= 0.3 is 0 Å². The third-order valence-electron chi connectivity index (χ3n) is 1.02. The van der Waals surface area contributed by atoms with Crippen molar-refractivity contribution in [2.75, 3.05) is 5.88 Å². The van der Waals surface area contributed by atoms with Crippen molar-refractivity contribution in [3.05, 3.63) is 11.6 Å². The van der Waals surface area contributed by atoms with E-state index in [4.69, 9.17) is 46.4 Å². The van der Waals surface area contributed by atoms with Gasteiger partial charge in [-0.2, -0.15) is 0 Å². The molecule has 1 atom stereocenters. The molecule has 0 nitrogen and oxygen atoms in total. The lowest BCUT2D eigenvalue weighted by atomic mass is 10.3. The quantitative estimate of drug-likeness (QED) is 0.400. The Morgan fingerprint density at radius 1 is 1.40 bits per heavy atom. The first-order valence-corrected chi connectivity index (χ1v) is 5.77. The van der Waals surface area contributed by atoms with E-state index in [1.54, 1.807) is 6.08 Å². The van der Waals surface area contributed by atoms with E-state index in [-0.39, 0.29) is 5.00 Å². The van der Waals surface area contributed by atoms with E-state index >= 15 is 0 Å². The van der Waals surface area contributed by atoms with Gasteiger partial charge in [0.25, 0.3) is 0 Å². The number of alkyl halides is 4. The first-order chi connectivity index (χ1) is 4.59. The summed E-state index contributed by atoms with van der Waals surface area (Å²) in [5.41, 5.74) is 0.826. The van der Waals surface area contributed by atoms with Crippen LogP contribution in [0.25, 0.3) is 0 Å². The molecule has 0 saturated heterocycles. The molecule has 0 N–H and O–H groups in total. The Morgan fingerprint density at radius 3 is 2.00 bits per heavy atom. The average molecular weight is 238 g/mol. The van der Waals surface area contributed by atoms with Crippen LogP contribution in [0.3, 0.4) is 0 Å². The standard InChI is InChI=1S/C5H8Cl4Si/c6-2-1-3(4(7)8)5(9)10/h1,4-5H,2H2,10H3. The molecule has 0 spiro atoms. The molecule has 0 aromatic heterocycles. The van der Waals surface area contributed by atoms with Crippen molar-refractivity contribution in [1.29, 1.82) is 0 Å². The molecule has 0 saturated carbocycles. The van der Waals surface area contributed by atoms with Crippen molar-refractivity contribution in [1.82, 2.24) is 0 Å². The first-order valence-electron chi connectivity index (χ1n) is 2.77. The van der Waals surface area contributed by atoms with Crippen LogP contribution in [0.2, 0.25) is 0 Å². The first kappa shape index (κ1) is 11.1. The monoisotopic (exact) mass is 236 g/mol. The summed E-state index contributed by atoms with van der Waals surface area (Å²) in [6.45, 7) is 0. The van der Waals surface area contributed by atoms with Gasteiger partial charge in [0.15, 0.2) is 0 Å². The zero-order valence-corrected chi connectivity index (χ0v) is 10.5. The van der Waals surface area contributed by atoms with Crippen LogP contribution in [0.15, 0.2) is 11.6 Å². The van der Waals surface area contributed by atoms with Gasteiger partial charge in [0.05, 0.1) is 0 Å². The highest BCUT2D eigenvalue weighted by molar-refractivity contribution is 6.50. The Labute approximate surface area is 83.9 Å². The van der Waals surface area contributed by atoms with E-state index in [9.17, 15) is 0 Å². The second-order valence-corrected chi connectivity index (χ2v) is 5.72. The third-order valence-corrected chi connectivity index (χ3v) is 2.60. The summed E-state index contributed by atoms with van der Waals surface area (Å²) in [5.74, 6) is 0.413. The Bertz CT molecular complexity index is 111. The molecule has 10 heavy (non-hydrogen) atoms. The van der Waals surface area contributed by atoms with Crippen LogP contribution in [0.4, 0.5) is 0 Å². The molecule has 0 fully saturated rings. The van der Waals surface area contributed by atoms with Crippen LogP contribution in [-0.2, 0) is 0 Å². The Balaban J connectivity index is 4.12. The molecular formula is C5H8Cl4Si. The van der Waals surface area contributed by atoms with Crippen LogP contribution in [0, 0.1) is 0 Å². The summed E-state index contributed by atoms with van der Waals surface area (Å²) in [4.78, 5) is -0.515. The second kappa shape index (κ2) is 5.73. The van der Waals surface area contributed by atoms with E-state index in [0.29, 0.717) is 5.88 Å². The lowest BCUT2D eigenvalue weighted by molar-refractivity contribution is 1.25. The Kier molecular flexibility index (Phi) is 6.37. The number of allylic oxidation sites excluding steroid dienone is 2. The van der Waals surface area contributed by atoms with Crippen molar-refractivity contribution in [2.45, 2.75) is 9.84 Å². The van der Waals surface area contributed by atoms with Gasteiger partial charge in [-0.15, -0.1) is 46.4 Å². The fourth-order valence-electron chi connectivity index (χ4n) is 0.514. The minimum atomic E-state index is -0.515. The van der Waals surface area contributed by atoms with Gasteiger partial charge in [-0.25, -0.2) is 0 Å². The van der Waals surface area contributed by atoms with Crippen LogP contribution in [0.1, 0.15) is 0 Å². The minimum absolute atomic E-state index is 0.0150. The van der Waals surface area contributed by atoms with Crippen LogP contribution >= 0.6 is 46.4 Å². The number of hydrogen-bond acceptors (Lipinski definition) is 0. The topological polar surface area (TPSA) is 0 Å². The van der Waals surface area contributed by atoms with Gasteiger partial charge in [0.1, 0.15) is 4.84 Å². The molecular weight excluding hydrogens is 230 g/mol. The predicted octanol–water partition coefficient (Wildman–Crippen LogP) is 1.89. The summed E-state index contributed by atoms with van der Waals surface area (Å²) < 4.78 is 0. The lowest BCUT2D eigenvalue weighted by Crippen LogP contribution is -2.09. The Hall–Kier alpha value is 1.12. The van der Waals surface area contributed by atoms with Gasteiger partial charge in [-0.1, -0.05) is 6.08 Å². The van der Waals surface area contributed by atoms with Crippen molar-refractivity contribution in [2.24, 2.45) is 0 Å².